The van der Waals surface area contributed by atoms with Crippen LogP contribution in [0.5, 0.6) is 0 Å². The van der Waals surface area contributed by atoms with Gasteiger partial charge in [0.2, 0.25) is 0 Å². The van der Waals surface area contributed by atoms with Crippen LogP contribution in [0.3, 0.4) is 0 Å². The molecule has 0 bridgehead atoms. The van der Waals surface area contributed by atoms with E-state index in [1.165, 1.54) is 0 Å². The second-order valence-corrected chi connectivity index (χ2v) is 19.3. The molecule has 0 saturated carbocycles. The van der Waals surface area contributed by atoms with Crippen molar-refractivity contribution in [3.05, 3.63) is 35.9 Å². The minimum atomic E-state index is -2.73. The van der Waals surface area contributed by atoms with Crippen molar-refractivity contribution in [2.45, 2.75) is 108 Å². The van der Waals surface area contributed by atoms with Crippen LogP contribution in [-0.2, 0) is 24.1 Å². The fraction of sp³-hybridized carbons (Fsp3) is 0.750. The van der Waals surface area contributed by atoms with E-state index in [1.54, 1.807) is 0 Å². The first-order valence-corrected chi connectivity index (χ1v) is 15.9. The number of rotatable bonds is 6. The summed E-state index contributed by atoms with van der Waals surface area (Å²) in [6.07, 6.45) is -1.04. The molecular weight excluding hydrogens is 424 g/mol. The lowest BCUT2D eigenvalue weighted by Gasteiger charge is -2.51. The second kappa shape index (κ2) is 9.75. The number of benzene rings is 1. The summed E-state index contributed by atoms with van der Waals surface area (Å²) < 4.78 is 27.3. The predicted octanol–water partition coefficient (Wildman–Crippen LogP) is 5.31. The van der Waals surface area contributed by atoms with Gasteiger partial charge in [0, 0.05) is 6.42 Å². The Bertz CT molecular complexity index is 693. The van der Waals surface area contributed by atoms with E-state index in [0.717, 1.165) is 5.56 Å². The van der Waals surface area contributed by atoms with Gasteiger partial charge in [0.1, 0.15) is 18.3 Å². The Balaban J connectivity index is 1.97. The molecule has 0 aromatic heterocycles. The summed E-state index contributed by atoms with van der Waals surface area (Å²) in [4.78, 5) is 0. The van der Waals surface area contributed by atoms with Crippen LogP contribution >= 0.6 is 0 Å². The van der Waals surface area contributed by atoms with Gasteiger partial charge in [-0.15, -0.1) is 0 Å². The zero-order valence-corrected chi connectivity index (χ0v) is 22.5. The van der Waals surface area contributed by atoms with Crippen LogP contribution in [0.15, 0.2) is 30.3 Å². The molecule has 2 aliphatic heterocycles. The molecule has 3 rings (SSSR count). The van der Waals surface area contributed by atoms with E-state index < -0.39 is 29.3 Å². The number of ether oxygens (including phenoxy) is 1. The lowest BCUT2D eigenvalue weighted by atomic mass is 10.0. The van der Waals surface area contributed by atoms with Crippen LogP contribution in [0.1, 0.15) is 61.0 Å². The third-order valence-corrected chi connectivity index (χ3v) is 17.3. The van der Waals surface area contributed by atoms with E-state index in [9.17, 15) is 5.11 Å². The molecule has 5 nitrogen and oxygen atoms in total. The summed E-state index contributed by atoms with van der Waals surface area (Å²) in [5.41, 5.74) is 2.22. The van der Waals surface area contributed by atoms with Crippen molar-refractivity contribution in [1.82, 2.24) is 0 Å². The number of hydrogen-bond donors (Lipinski definition) is 1. The Kier molecular flexibility index (Phi) is 7.89. The Morgan fingerprint density at radius 3 is 1.94 bits per heavy atom. The van der Waals surface area contributed by atoms with Gasteiger partial charge in [-0.1, -0.05) is 85.7 Å². The normalized spacial score (nSPS) is 30.6. The zero-order valence-electron chi connectivity index (χ0n) is 20.5. The van der Waals surface area contributed by atoms with Crippen LogP contribution in [0.2, 0.25) is 22.2 Å². The van der Waals surface area contributed by atoms with E-state index in [-0.39, 0.29) is 23.3 Å². The highest BCUT2D eigenvalue weighted by atomic mass is 28.5. The maximum absolute atomic E-state index is 11.3. The summed E-state index contributed by atoms with van der Waals surface area (Å²) >= 11 is 0. The highest BCUT2D eigenvalue weighted by molar-refractivity contribution is 6.83. The topological polar surface area (TPSA) is 57.2 Å². The molecule has 0 radical (unpaired) electrons. The highest BCUT2D eigenvalue weighted by Gasteiger charge is 2.61. The van der Waals surface area contributed by atoms with Crippen molar-refractivity contribution in [2.24, 2.45) is 0 Å². The van der Waals surface area contributed by atoms with Crippen LogP contribution in [0.25, 0.3) is 0 Å². The molecule has 0 spiro atoms. The van der Waals surface area contributed by atoms with Crippen molar-refractivity contribution >= 4 is 17.1 Å². The summed E-state index contributed by atoms with van der Waals surface area (Å²) in [6, 6.07) is 10.2. The minimum absolute atomic E-state index is 0.236. The molecule has 0 amide bonds. The Morgan fingerprint density at radius 2 is 1.42 bits per heavy atom. The monoisotopic (exact) mass is 466 g/mol. The smallest absolute Gasteiger partial charge is 0.335 e. The van der Waals surface area contributed by atoms with Gasteiger partial charge in [-0.25, -0.2) is 0 Å². The van der Waals surface area contributed by atoms with Crippen LogP contribution < -0.4 is 0 Å². The van der Waals surface area contributed by atoms with Crippen LogP contribution in [0.4, 0.5) is 0 Å². The molecule has 2 aliphatic rings. The van der Waals surface area contributed by atoms with Gasteiger partial charge in [-0.3, -0.25) is 0 Å². The quantitative estimate of drug-likeness (QED) is 0.576. The molecule has 2 fully saturated rings. The molecule has 31 heavy (non-hydrogen) atoms. The molecule has 4 atom stereocenters. The number of hydrogen-bond acceptors (Lipinski definition) is 5. The third-order valence-electron chi connectivity index (χ3n) is 7.04. The Hall–Kier alpha value is -0.546. The molecule has 1 N–H and O–H groups in total. The molecule has 2 heterocycles. The second-order valence-electron chi connectivity index (χ2n) is 10.5. The zero-order chi connectivity index (χ0) is 23.0. The van der Waals surface area contributed by atoms with Crippen LogP contribution in [-0.4, -0.2) is 53.3 Å². The van der Waals surface area contributed by atoms with E-state index in [2.05, 4.69) is 67.5 Å². The summed E-state index contributed by atoms with van der Waals surface area (Å²) in [5.74, 6) is 0. The Labute approximate surface area is 190 Å². The van der Waals surface area contributed by atoms with Gasteiger partial charge in [0.05, 0.1) is 12.7 Å². The van der Waals surface area contributed by atoms with Gasteiger partial charge >= 0.3 is 17.1 Å². The van der Waals surface area contributed by atoms with E-state index in [0.29, 0.717) is 24.1 Å². The van der Waals surface area contributed by atoms with Crippen molar-refractivity contribution in [1.29, 1.82) is 0 Å². The summed E-state index contributed by atoms with van der Waals surface area (Å²) in [7, 11) is -5.32. The minimum Gasteiger partial charge on any atom is -0.414 e. The SMILES string of the molecule is CC(C)[Si]1(C(C)C)OC[C@@H]2O[C@@H](Cc3ccccc3)[C@@H](O)C2O[Si](C(C)C)(C(C)C)O1. The van der Waals surface area contributed by atoms with E-state index in [4.69, 9.17) is 17.7 Å². The third kappa shape index (κ3) is 4.74. The summed E-state index contributed by atoms with van der Waals surface area (Å²) in [5, 5.41) is 11.3. The van der Waals surface area contributed by atoms with E-state index in [1.807, 2.05) is 18.2 Å². The molecule has 2 saturated heterocycles. The maximum atomic E-state index is 11.3. The largest absolute Gasteiger partial charge is 0.414 e. The van der Waals surface area contributed by atoms with Gasteiger partial charge in [0.25, 0.3) is 0 Å². The molecular formula is C24H42O5Si2. The average Bonchev–Trinajstić information content (AvgIpc) is 2.96. The lowest BCUT2D eigenvalue weighted by Crippen LogP contribution is -2.65. The lowest BCUT2D eigenvalue weighted by molar-refractivity contribution is -0.0384. The van der Waals surface area contributed by atoms with Crippen molar-refractivity contribution in [3.63, 3.8) is 0 Å². The van der Waals surface area contributed by atoms with Gasteiger partial charge in [-0.05, 0) is 27.7 Å². The van der Waals surface area contributed by atoms with E-state index >= 15 is 0 Å². The number of fused-ring (bicyclic) bond motifs is 1. The molecule has 1 aromatic rings. The molecule has 1 unspecified atom stereocenters. The van der Waals surface area contributed by atoms with Gasteiger partial charge in [0.15, 0.2) is 0 Å². The average molecular weight is 467 g/mol. The van der Waals surface area contributed by atoms with Crippen molar-refractivity contribution in [3.8, 4) is 0 Å². The summed E-state index contributed by atoms with van der Waals surface area (Å²) in [6.45, 7) is 18.1. The fourth-order valence-electron chi connectivity index (χ4n) is 5.25. The van der Waals surface area contributed by atoms with Crippen molar-refractivity contribution < 1.29 is 22.8 Å². The molecule has 7 heteroatoms. The fourth-order valence-corrected chi connectivity index (χ4v) is 16.5. The first kappa shape index (κ1) is 25.1. The van der Waals surface area contributed by atoms with Gasteiger partial charge < -0.3 is 22.8 Å². The standard InChI is InChI=1S/C24H42O5Si2/c1-16(2)30(17(3)4)26-15-22-24(28-31(29-30,18(5)6)19(7)8)23(25)21(27-22)14-20-12-10-9-11-13-20/h9-13,16-19,21-25H,14-15H2,1-8H3/t21-,22-,23+,24?/m0/s1. The number of aliphatic hydroxyl groups excluding tert-OH is 1. The molecule has 0 aliphatic carbocycles. The first-order valence-electron chi connectivity index (χ1n) is 11.9. The highest BCUT2D eigenvalue weighted by Crippen LogP contribution is 2.47. The first-order chi connectivity index (χ1) is 14.5. The Morgan fingerprint density at radius 1 is 0.871 bits per heavy atom. The maximum Gasteiger partial charge on any atom is 0.335 e. The van der Waals surface area contributed by atoms with Crippen LogP contribution in [0, 0.1) is 0 Å². The molecule has 1 aromatic carbocycles. The number of aliphatic hydroxyl groups is 1. The predicted molar refractivity (Wildman–Crippen MR) is 129 cm³/mol. The molecule has 176 valence electrons. The van der Waals surface area contributed by atoms with Crippen molar-refractivity contribution in [2.75, 3.05) is 6.61 Å². The van der Waals surface area contributed by atoms with Gasteiger partial charge in [-0.2, -0.15) is 0 Å².